The van der Waals surface area contributed by atoms with Gasteiger partial charge in [0.1, 0.15) is 0 Å². The van der Waals surface area contributed by atoms with Crippen LogP contribution in [0.5, 0.6) is 0 Å². The number of likely N-dealkylation sites (N-methyl/N-ethyl adjacent to an activating group) is 1. The molecule has 2 saturated heterocycles. The molecule has 0 radical (unpaired) electrons. The molecule has 3 rings (SSSR count). The van der Waals surface area contributed by atoms with E-state index in [1.165, 1.54) is 0 Å². The molecule has 0 bridgehead atoms. The molecule has 1 aromatic heterocycles. The molecular weight excluding hydrogens is 318 g/mol. The summed E-state index contributed by atoms with van der Waals surface area (Å²) >= 11 is 0. The summed E-state index contributed by atoms with van der Waals surface area (Å²) in [5.41, 5.74) is 1.54. The highest BCUT2D eigenvalue weighted by molar-refractivity contribution is 5.92. The van der Waals surface area contributed by atoms with Crippen molar-refractivity contribution < 1.29 is 9.90 Å². The highest BCUT2D eigenvalue weighted by Crippen LogP contribution is 2.26. The van der Waals surface area contributed by atoms with Crippen LogP contribution in [-0.4, -0.2) is 95.0 Å². The summed E-state index contributed by atoms with van der Waals surface area (Å²) in [7, 11) is 2.15. The molecule has 0 spiro atoms. The quantitative estimate of drug-likeness (QED) is 0.819. The fourth-order valence-electron chi connectivity index (χ4n) is 3.98. The van der Waals surface area contributed by atoms with Crippen LogP contribution in [0.4, 0.5) is 0 Å². The highest BCUT2D eigenvalue weighted by atomic mass is 16.3. The lowest BCUT2D eigenvalue weighted by Gasteiger charge is -2.34. The van der Waals surface area contributed by atoms with Gasteiger partial charge in [0.2, 0.25) is 0 Å². The number of carbonyl (C=O) groups excluding carboxylic acids is 1. The van der Waals surface area contributed by atoms with E-state index in [1.54, 1.807) is 0 Å². The zero-order valence-corrected chi connectivity index (χ0v) is 15.7. The standard InChI is InChI=1S/C18H31N5O2/c1-4-23-14(2)9-17(19-23)18(25)22-11-15(16(12-22)13-24)10-21-7-5-20(3)6-8-21/h9,15-16,24H,4-8,10-13H2,1-3H3. The Balaban J connectivity index is 1.62. The molecule has 7 heteroatoms. The maximum Gasteiger partial charge on any atom is 0.274 e. The number of hydrogen-bond donors (Lipinski definition) is 1. The lowest BCUT2D eigenvalue weighted by atomic mass is 9.96. The Kier molecular flexibility index (Phi) is 5.76. The molecule has 140 valence electrons. The van der Waals surface area contributed by atoms with E-state index in [9.17, 15) is 9.90 Å². The summed E-state index contributed by atoms with van der Waals surface area (Å²) in [5, 5.41) is 14.2. The van der Waals surface area contributed by atoms with Gasteiger partial charge in [-0.1, -0.05) is 0 Å². The van der Waals surface area contributed by atoms with Crippen molar-refractivity contribution in [2.75, 3.05) is 59.5 Å². The first-order chi connectivity index (χ1) is 12.0. The van der Waals surface area contributed by atoms with Gasteiger partial charge < -0.3 is 19.8 Å². The molecule has 2 aliphatic heterocycles. The fourth-order valence-corrected chi connectivity index (χ4v) is 3.98. The SMILES string of the molecule is CCn1nc(C(=O)N2CC(CO)C(CN3CCN(C)CC3)C2)cc1C. The second-order valence-electron chi connectivity index (χ2n) is 7.50. The molecule has 2 unspecified atom stereocenters. The Morgan fingerprint density at radius 3 is 2.52 bits per heavy atom. The number of carbonyl (C=O) groups is 1. The topological polar surface area (TPSA) is 64.8 Å². The summed E-state index contributed by atoms with van der Waals surface area (Å²) in [6, 6.07) is 1.87. The first kappa shape index (κ1) is 18.4. The van der Waals surface area contributed by atoms with Crippen LogP contribution in [-0.2, 0) is 6.54 Å². The molecular formula is C18H31N5O2. The Bertz CT molecular complexity index is 594. The van der Waals surface area contributed by atoms with Crippen LogP contribution >= 0.6 is 0 Å². The van der Waals surface area contributed by atoms with Crippen LogP contribution in [0.25, 0.3) is 0 Å². The van der Waals surface area contributed by atoms with Crippen molar-refractivity contribution in [3.63, 3.8) is 0 Å². The molecule has 1 amide bonds. The van der Waals surface area contributed by atoms with E-state index in [0.29, 0.717) is 24.7 Å². The number of aliphatic hydroxyl groups excluding tert-OH is 1. The molecule has 2 aliphatic rings. The number of piperazine rings is 1. The van der Waals surface area contributed by atoms with E-state index in [-0.39, 0.29) is 18.4 Å². The van der Waals surface area contributed by atoms with Gasteiger partial charge in [-0.3, -0.25) is 9.48 Å². The average Bonchev–Trinajstić information content (AvgIpc) is 3.19. The third-order valence-corrected chi connectivity index (χ3v) is 5.69. The molecule has 2 fully saturated rings. The van der Waals surface area contributed by atoms with Crippen LogP contribution in [0.3, 0.4) is 0 Å². The zero-order chi connectivity index (χ0) is 18.0. The van der Waals surface area contributed by atoms with Gasteiger partial charge in [-0.2, -0.15) is 5.10 Å². The summed E-state index contributed by atoms with van der Waals surface area (Å²) < 4.78 is 1.86. The molecule has 7 nitrogen and oxygen atoms in total. The summed E-state index contributed by atoms with van der Waals surface area (Å²) in [5.74, 6) is 0.499. The predicted octanol–water partition coefficient (Wildman–Crippen LogP) is 0.139. The van der Waals surface area contributed by atoms with Crippen molar-refractivity contribution in [1.29, 1.82) is 0 Å². The van der Waals surface area contributed by atoms with Crippen LogP contribution in [0.15, 0.2) is 6.07 Å². The first-order valence-electron chi connectivity index (χ1n) is 9.37. The van der Waals surface area contributed by atoms with E-state index in [1.807, 2.05) is 29.5 Å². The third-order valence-electron chi connectivity index (χ3n) is 5.69. The van der Waals surface area contributed by atoms with Crippen molar-refractivity contribution in [1.82, 2.24) is 24.5 Å². The van der Waals surface area contributed by atoms with Gasteiger partial charge in [0.15, 0.2) is 5.69 Å². The average molecular weight is 349 g/mol. The number of hydrogen-bond acceptors (Lipinski definition) is 5. The highest BCUT2D eigenvalue weighted by Gasteiger charge is 2.37. The van der Waals surface area contributed by atoms with Crippen molar-refractivity contribution in [3.8, 4) is 0 Å². The van der Waals surface area contributed by atoms with Gasteiger partial charge in [-0.15, -0.1) is 0 Å². The van der Waals surface area contributed by atoms with Crippen molar-refractivity contribution in [3.05, 3.63) is 17.5 Å². The molecule has 3 heterocycles. The molecule has 0 aromatic carbocycles. The lowest BCUT2D eigenvalue weighted by molar-refractivity contribution is 0.0770. The third kappa shape index (κ3) is 4.04. The van der Waals surface area contributed by atoms with Crippen molar-refractivity contribution in [2.24, 2.45) is 11.8 Å². The molecule has 0 aliphatic carbocycles. The maximum absolute atomic E-state index is 12.8. The van der Waals surface area contributed by atoms with Crippen molar-refractivity contribution >= 4 is 5.91 Å². The van der Waals surface area contributed by atoms with E-state index in [4.69, 9.17) is 0 Å². The molecule has 0 saturated carbocycles. The minimum Gasteiger partial charge on any atom is -0.396 e. The summed E-state index contributed by atoms with van der Waals surface area (Å²) in [4.78, 5) is 19.5. The number of aliphatic hydroxyl groups is 1. The predicted molar refractivity (Wildman–Crippen MR) is 96.5 cm³/mol. The van der Waals surface area contributed by atoms with Crippen LogP contribution in [0.2, 0.25) is 0 Å². The minimum atomic E-state index is -0.00497. The summed E-state index contributed by atoms with van der Waals surface area (Å²) in [6.45, 7) is 11.5. The number of amides is 1. The van der Waals surface area contributed by atoms with Gasteiger partial charge in [0.25, 0.3) is 5.91 Å². The van der Waals surface area contributed by atoms with Gasteiger partial charge in [-0.05, 0) is 32.9 Å². The second kappa shape index (κ2) is 7.85. The van der Waals surface area contributed by atoms with E-state index >= 15 is 0 Å². The molecule has 1 N–H and O–H groups in total. The van der Waals surface area contributed by atoms with Crippen molar-refractivity contribution in [2.45, 2.75) is 20.4 Å². The number of likely N-dealkylation sites (tertiary alicyclic amines) is 1. The number of aromatic nitrogens is 2. The lowest BCUT2D eigenvalue weighted by Crippen LogP contribution is -2.47. The van der Waals surface area contributed by atoms with Crippen LogP contribution in [0, 0.1) is 18.8 Å². The fraction of sp³-hybridized carbons (Fsp3) is 0.778. The van der Waals surface area contributed by atoms with Gasteiger partial charge in [-0.25, -0.2) is 0 Å². The Morgan fingerprint density at radius 2 is 1.92 bits per heavy atom. The maximum atomic E-state index is 12.8. The zero-order valence-electron chi connectivity index (χ0n) is 15.7. The first-order valence-corrected chi connectivity index (χ1v) is 9.37. The Morgan fingerprint density at radius 1 is 1.24 bits per heavy atom. The molecule has 2 atom stereocenters. The number of nitrogens with zero attached hydrogens (tertiary/aromatic N) is 5. The number of aryl methyl sites for hydroxylation is 2. The smallest absolute Gasteiger partial charge is 0.274 e. The molecule has 25 heavy (non-hydrogen) atoms. The van der Waals surface area contributed by atoms with Gasteiger partial charge in [0.05, 0.1) is 0 Å². The number of rotatable bonds is 5. The monoisotopic (exact) mass is 349 g/mol. The van der Waals surface area contributed by atoms with E-state index in [2.05, 4.69) is 21.9 Å². The Labute approximate surface area is 150 Å². The summed E-state index contributed by atoms with van der Waals surface area (Å²) in [6.07, 6.45) is 0. The van der Waals surface area contributed by atoms with E-state index in [0.717, 1.165) is 45.0 Å². The Hall–Kier alpha value is -1.44. The van der Waals surface area contributed by atoms with E-state index < -0.39 is 0 Å². The van der Waals surface area contributed by atoms with Crippen LogP contribution < -0.4 is 0 Å². The largest absolute Gasteiger partial charge is 0.396 e. The normalized spacial score (nSPS) is 25.7. The molecule has 1 aromatic rings. The minimum absolute atomic E-state index is 0.00497. The second-order valence-corrected chi connectivity index (χ2v) is 7.50. The van der Waals surface area contributed by atoms with Gasteiger partial charge >= 0.3 is 0 Å². The van der Waals surface area contributed by atoms with Crippen LogP contribution in [0.1, 0.15) is 23.1 Å². The van der Waals surface area contributed by atoms with Gasteiger partial charge in [0, 0.05) is 70.6 Å².